The van der Waals surface area contributed by atoms with Crippen molar-refractivity contribution < 1.29 is 14.3 Å². The summed E-state index contributed by atoms with van der Waals surface area (Å²) in [4.78, 5) is 0. The quantitative estimate of drug-likeness (QED) is 0.282. The van der Waals surface area contributed by atoms with Crippen molar-refractivity contribution in [3.8, 4) is 0 Å². The van der Waals surface area contributed by atoms with Crippen molar-refractivity contribution in [1.29, 1.82) is 0 Å². The molecule has 0 aromatic carbocycles. The van der Waals surface area contributed by atoms with Crippen LogP contribution in [-0.2, 0) is 9.04 Å². The molecule has 4 heteroatoms. The van der Waals surface area contributed by atoms with Gasteiger partial charge in [0, 0.05) is 6.55 Å². The molecule has 0 amide bonds. The molecule has 0 bridgehead atoms. The predicted molar refractivity (Wildman–Crippen MR) is 16.0 cm³/mol. The van der Waals surface area contributed by atoms with Gasteiger partial charge in [0.1, 0.15) is 0 Å². The molecule has 0 aliphatic carbocycles. The van der Waals surface area contributed by atoms with E-state index in [2.05, 4.69) is 4.58 Å². The molecule has 0 aromatic rings. The van der Waals surface area contributed by atoms with E-state index in [1.54, 1.807) is 0 Å². The smallest absolute Gasteiger partial charge is 0.364 e. The Morgan fingerprint density at radius 1 is 2.00 bits per heavy atom. The molecule has 0 radical (unpaired) electrons. The van der Waals surface area contributed by atoms with Gasteiger partial charge in [0.05, 0.1) is 0 Å². The van der Waals surface area contributed by atoms with Gasteiger partial charge < -0.3 is 9.04 Å². The van der Waals surface area contributed by atoms with Gasteiger partial charge in [0.15, 0.2) is 0 Å². The second kappa shape index (κ2) is 2.04. The molecular weight excluding hydrogens is 88.1 g/mol. The van der Waals surface area contributed by atoms with E-state index < -0.39 is 8.93 Å². The van der Waals surface area contributed by atoms with Crippen molar-refractivity contribution in [1.82, 2.24) is 0 Å². The summed E-state index contributed by atoms with van der Waals surface area (Å²) >= 11 is 0. The first-order chi connectivity index (χ1) is 2.27. The monoisotopic (exact) mass is 92.0 g/mol. The first kappa shape index (κ1) is 4.78. The molecule has 0 saturated carbocycles. The van der Waals surface area contributed by atoms with Crippen LogP contribution in [0.15, 0.2) is 0 Å². The average Bonchev–Trinajstić information content (AvgIpc) is 1.38. The van der Waals surface area contributed by atoms with E-state index in [0.29, 0.717) is 0 Å². The summed E-state index contributed by atoms with van der Waals surface area (Å²) < 4.78 is 12.8. The number of hydrogen-bond donors (Lipinski definition) is 1. The van der Waals surface area contributed by atoms with Crippen molar-refractivity contribution in [3.05, 3.63) is 0 Å². The number of hydrogen-bond acceptors (Lipinski definition) is 3. The van der Waals surface area contributed by atoms with Gasteiger partial charge in [-0.1, -0.05) is 0 Å². The molecule has 30 valence electrons. The molecule has 0 aromatic heterocycles. The normalized spacial score (nSPS) is 6.80. The highest BCUT2D eigenvalue weighted by Gasteiger charge is 1.87. The lowest BCUT2D eigenvalue weighted by atomic mass is 11.9. The Labute approximate surface area is 30.9 Å². The first-order valence-corrected chi connectivity index (χ1v) is 2.91. The van der Waals surface area contributed by atoms with Gasteiger partial charge in [-0.15, -0.1) is 0 Å². The van der Waals surface area contributed by atoms with E-state index in [1.807, 2.05) is 0 Å². The third-order valence-electron chi connectivity index (χ3n) is 0.129. The highest BCUT2D eigenvalue weighted by atomic mass is 28.3. The van der Waals surface area contributed by atoms with Crippen molar-refractivity contribution in [3.63, 3.8) is 0 Å². The Bertz CT molecular complexity index is 42.2. The van der Waals surface area contributed by atoms with Gasteiger partial charge in [-0.3, -0.25) is 0 Å². The fraction of sp³-hybridized carbons (Fsp3) is 1.00. The zero-order valence-corrected chi connectivity index (χ0v) is 3.76. The van der Waals surface area contributed by atoms with Crippen molar-refractivity contribution in [2.45, 2.75) is 6.55 Å². The maximum absolute atomic E-state index is 9.53. The van der Waals surface area contributed by atoms with E-state index in [4.69, 9.17) is 5.26 Å². The highest BCUT2D eigenvalue weighted by molar-refractivity contribution is 6.32. The Morgan fingerprint density at radius 3 is 2.20 bits per heavy atom. The maximum Gasteiger partial charge on any atom is 0.534 e. The molecule has 0 heterocycles. The molecule has 0 saturated heterocycles. The van der Waals surface area contributed by atoms with Crippen LogP contribution in [0.25, 0.3) is 0 Å². The lowest BCUT2D eigenvalue weighted by Crippen LogP contribution is -1.93. The van der Waals surface area contributed by atoms with Crippen LogP contribution < -0.4 is 0 Å². The van der Waals surface area contributed by atoms with Crippen molar-refractivity contribution >= 4 is 8.93 Å². The molecule has 0 fully saturated rings. The average molecular weight is 92.1 g/mol. The largest absolute Gasteiger partial charge is 0.534 e. The lowest BCUT2D eigenvalue weighted by molar-refractivity contribution is -0.147. The standard InChI is InChI=1S/CH4O3Si/c1-5(3)4-2/h2H,1H3. The Hall–Kier alpha value is -0.223. The Morgan fingerprint density at radius 2 is 2.20 bits per heavy atom. The highest BCUT2D eigenvalue weighted by Crippen LogP contribution is 1.57. The van der Waals surface area contributed by atoms with Gasteiger partial charge in [-0.2, -0.15) is 0 Å². The van der Waals surface area contributed by atoms with Gasteiger partial charge in [-0.25, -0.2) is 5.26 Å². The third-order valence-corrected chi connectivity index (χ3v) is 0.386. The second-order valence-corrected chi connectivity index (χ2v) is 1.75. The minimum Gasteiger partial charge on any atom is -0.364 e. The summed E-state index contributed by atoms with van der Waals surface area (Å²) in [6.07, 6.45) is 0. The zero-order chi connectivity index (χ0) is 4.28. The third kappa shape index (κ3) is 3.78. The summed E-state index contributed by atoms with van der Waals surface area (Å²) in [6.45, 7) is 1.30. The van der Waals surface area contributed by atoms with Crippen LogP contribution in [0.4, 0.5) is 0 Å². The number of rotatable bonds is 1. The van der Waals surface area contributed by atoms with E-state index >= 15 is 0 Å². The van der Waals surface area contributed by atoms with E-state index in [1.165, 1.54) is 6.55 Å². The second-order valence-electron chi connectivity index (χ2n) is 0.583. The van der Waals surface area contributed by atoms with Crippen LogP contribution in [0.3, 0.4) is 0 Å². The molecule has 1 N–H and O–H groups in total. The molecule has 0 aliphatic rings. The Balaban J connectivity index is 2.85. The summed E-state index contributed by atoms with van der Waals surface area (Å²) in [5.74, 6) is 0. The van der Waals surface area contributed by atoms with E-state index in [-0.39, 0.29) is 0 Å². The summed E-state index contributed by atoms with van der Waals surface area (Å²) in [5, 5.41) is 7.38. The minimum absolute atomic E-state index is 1.30. The van der Waals surface area contributed by atoms with Gasteiger partial charge in [-0.05, 0) is 0 Å². The topological polar surface area (TPSA) is 46.5 Å². The summed E-state index contributed by atoms with van der Waals surface area (Å²) in [6, 6.07) is 0. The van der Waals surface area contributed by atoms with Gasteiger partial charge in [0.25, 0.3) is 0 Å². The zero-order valence-electron chi connectivity index (χ0n) is 2.76. The molecule has 5 heavy (non-hydrogen) atoms. The predicted octanol–water partition coefficient (Wildman–Crippen LogP) is 0.0245. The SMILES string of the molecule is C[Si](=O)OO. The lowest BCUT2D eigenvalue weighted by Gasteiger charge is -1.75. The molecule has 0 spiro atoms. The fourth-order valence-corrected chi connectivity index (χ4v) is 0. The van der Waals surface area contributed by atoms with Crippen LogP contribution in [-0.4, -0.2) is 14.2 Å². The summed E-state index contributed by atoms with van der Waals surface area (Å²) in [5.41, 5.74) is 0. The molecule has 0 rings (SSSR count). The molecule has 3 nitrogen and oxygen atoms in total. The maximum atomic E-state index is 9.53. The van der Waals surface area contributed by atoms with Crippen LogP contribution in [0.1, 0.15) is 0 Å². The summed E-state index contributed by atoms with van der Waals surface area (Å²) in [7, 11) is -2.07. The van der Waals surface area contributed by atoms with Crippen molar-refractivity contribution in [2.75, 3.05) is 0 Å². The molecule has 0 atom stereocenters. The van der Waals surface area contributed by atoms with Crippen LogP contribution in [0.5, 0.6) is 0 Å². The first-order valence-electron chi connectivity index (χ1n) is 1.09. The van der Waals surface area contributed by atoms with Crippen LogP contribution >= 0.6 is 0 Å². The van der Waals surface area contributed by atoms with E-state index in [0.717, 1.165) is 0 Å². The molecular formula is CH4O3Si. The van der Waals surface area contributed by atoms with Crippen molar-refractivity contribution in [2.24, 2.45) is 0 Å². The van der Waals surface area contributed by atoms with Gasteiger partial charge >= 0.3 is 8.93 Å². The minimum atomic E-state index is -2.07. The fourth-order valence-electron chi connectivity index (χ4n) is 0. The Kier molecular flexibility index (Phi) is 1.95. The van der Waals surface area contributed by atoms with Crippen LogP contribution in [0, 0.1) is 0 Å². The molecule has 0 aliphatic heterocycles. The van der Waals surface area contributed by atoms with Gasteiger partial charge in [0.2, 0.25) is 0 Å². The van der Waals surface area contributed by atoms with E-state index in [9.17, 15) is 4.46 Å². The van der Waals surface area contributed by atoms with Crippen LogP contribution in [0.2, 0.25) is 6.55 Å². The molecule has 0 unspecified atom stereocenters.